The van der Waals surface area contributed by atoms with Gasteiger partial charge in [0.25, 0.3) is 5.79 Å². The Morgan fingerprint density at radius 1 is 1.00 bits per heavy atom. The molecule has 0 bridgehead atoms. The molecule has 0 radical (unpaired) electrons. The number of fused-ring (bicyclic) bond motifs is 2. The summed E-state index contributed by atoms with van der Waals surface area (Å²) in [6, 6.07) is 15.3. The molecule has 5 heteroatoms. The van der Waals surface area contributed by atoms with Crippen LogP contribution in [0.1, 0.15) is 12.5 Å². The average Bonchev–Trinajstić information content (AvgIpc) is 2.83. The maximum Gasteiger partial charge on any atom is 0.276 e. The highest BCUT2D eigenvalue weighted by Gasteiger charge is 2.40. The molecule has 0 saturated heterocycles. The van der Waals surface area contributed by atoms with E-state index in [0.717, 1.165) is 20.8 Å². The second-order valence-corrected chi connectivity index (χ2v) is 6.91. The van der Waals surface area contributed by atoms with Crippen LogP contribution in [0, 0.1) is 0 Å². The van der Waals surface area contributed by atoms with E-state index >= 15 is 0 Å². The molecule has 0 spiro atoms. The Hall–Kier alpha value is -1.91. The zero-order chi connectivity index (χ0) is 16.2. The van der Waals surface area contributed by atoms with Crippen molar-refractivity contribution in [2.24, 2.45) is 0 Å². The van der Waals surface area contributed by atoms with Gasteiger partial charge >= 0.3 is 0 Å². The lowest BCUT2D eigenvalue weighted by Crippen LogP contribution is -2.31. The molecule has 4 rings (SSSR count). The molecule has 0 aromatic heterocycles. The van der Waals surface area contributed by atoms with Gasteiger partial charge in [0.1, 0.15) is 0 Å². The molecule has 2 N–H and O–H groups in total. The number of benzene rings is 3. The van der Waals surface area contributed by atoms with E-state index in [4.69, 9.17) is 26.8 Å². The number of ether oxygens (including phenoxy) is 2. The van der Waals surface area contributed by atoms with Gasteiger partial charge in [0.05, 0.1) is 10.6 Å². The lowest BCUT2D eigenvalue weighted by atomic mass is 10.1. The van der Waals surface area contributed by atoms with Crippen LogP contribution in [0.15, 0.2) is 53.0 Å². The highest BCUT2D eigenvalue weighted by atomic mass is 79.9. The van der Waals surface area contributed by atoms with Crippen LogP contribution >= 0.6 is 27.5 Å². The third-order valence-electron chi connectivity index (χ3n) is 3.99. The molecule has 1 aliphatic heterocycles. The molecular weight excluding hydrogens is 378 g/mol. The summed E-state index contributed by atoms with van der Waals surface area (Å²) in [7, 11) is 0. The molecule has 3 aromatic rings. The van der Waals surface area contributed by atoms with Gasteiger partial charge in [0.2, 0.25) is 0 Å². The molecule has 0 aliphatic carbocycles. The molecule has 116 valence electrons. The minimum atomic E-state index is -0.944. The summed E-state index contributed by atoms with van der Waals surface area (Å²) in [5.41, 5.74) is 7.44. The van der Waals surface area contributed by atoms with Gasteiger partial charge in [-0.3, -0.25) is 0 Å². The second kappa shape index (κ2) is 5.05. The molecule has 3 aromatic carbocycles. The zero-order valence-electron chi connectivity index (χ0n) is 12.3. The number of rotatable bonds is 1. The summed E-state index contributed by atoms with van der Waals surface area (Å²) >= 11 is 9.75. The maximum absolute atomic E-state index is 6.30. The number of anilines is 1. The number of nitrogens with two attached hydrogens (primary N) is 1. The molecule has 0 amide bonds. The Balaban J connectivity index is 1.83. The largest absolute Gasteiger partial charge is 0.444 e. The predicted octanol–water partition coefficient (Wildman–Crippen LogP) is 5.48. The van der Waals surface area contributed by atoms with Crippen LogP contribution in [0.2, 0.25) is 5.02 Å². The molecule has 0 fully saturated rings. The fraction of sp³-hybridized carbons (Fsp3) is 0.111. The Labute approximate surface area is 147 Å². The molecule has 0 saturated carbocycles. The van der Waals surface area contributed by atoms with E-state index in [2.05, 4.69) is 15.9 Å². The van der Waals surface area contributed by atoms with E-state index in [1.165, 1.54) is 0 Å². The Morgan fingerprint density at radius 3 is 2.26 bits per heavy atom. The summed E-state index contributed by atoms with van der Waals surface area (Å²) < 4.78 is 13.0. The molecule has 1 atom stereocenters. The first-order valence-electron chi connectivity index (χ1n) is 7.12. The lowest BCUT2D eigenvalue weighted by Gasteiger charge is -2.24. The standard InChI is InChI=1S/C18H13BrClNO2/c1-18(12-4-2-3-5-14(12)20)22-16-8-10-6-13(19)15(21)7-11(10)9-17(16)23-18/h2-9H,21H2,1H3. The third-order valence-corrected chi connectivity index (χ3v) is 5.01. The lowest BCUT2D eigenvalue weighted by molar-refractivity contribution is -0.0678. The van der Waals surface area contributed by atoms with Gasteiger partial charge in [-0.15, -0.1) is 0 Å². The van der Waals surface area contributed by atoms with Crippen molar-refractivity contribution < 1.29 is 9.47 Å². The van der Waals surface area contributed by atoms with Crippen LogP contribution in [-0.2, 0) is 5.79 Å². The Morgan fingerprint density at radius 2 is 1.61 bits per heavy atom. The average molecular weight is 391 g/mol. The summed E-state index contributed by atoms with van der Waals surface area (Å²) in [4.78, 5) is 0. The van der Waals surface area contributed by atoms with Gasteiger partial charge in [-0.2, -0.15) is 0 Å². The van der Waals surface area contributed by atoms with Crippen molar-refractivity contribution in [1.29, 1.82) is 0 Å². The van der Waals surface area contributed by atoms with Gasteiger partial charge in [0.15, 0.2) is 11.5 Å². The van der Waals surface area contributed by atoms with Crippen molar-refractivity contribution in [3.63, 3.8) is 0 Å². The quantitative estimate of drug-likeness (QED) is 0.559. The normalized spacial score (nSPS) is 19.3. The van der Waals surface area contributed by atoms with E-state index in [1.807, 2.05) is 55.5 Å². The zero-order valence-corrected chi connectivity index (χ0v) is 14.6. The van der Waals surface area contributed by atoms with Gasteiger partial charge < -0.3 is 15.2 Å². The first-order chi connectivity index (χ1) is 11.0. The summed E-state index contributed by atoms with van der Waals surface area (Å²) in [6.45, 7) is 1.86. The molecule has 1 unspecified atom stereocenters. The number of halogens is 2. The topological polar surface area (TPSA) is 44.5 Å². The fourth-order valence-electron chi connectivity index (χ4n) is 2.84. The molecule has 1 heterocycles. The maximum atomic E-state index is 6.30. The van der Waals surface area contributed by atoms with Gasteiger partial charge in [-0.05, 0) is 63.1 Å². The first kappa shape index (κ1) is 14.7. The van der Waals surface area contributed by atoms with Crippen LogP contribution in [-0.4, -0.2) is 0 Å². The van der Waals surface area contributed by atoms with Gasteiger partial charge in [-0.25, -0.2) is 0 Å². The van der Waals surface area contributed by atoms with Crippen molar-refractivity contribution in [2.75, 3.05) is 5.73 Å². The van der Waals surface area contributed by atoms with Crippen molar-refractivity contribution in [3.05, 3.63) is 63.6 Å². The van der Waals surface area contributed by atoms with E-state index in [1.54, 1.807) is 0 Å². The molecule has 23 heavy (non-hydrogen) atoms. The van der Waals surface area contributed by atoms with Crippen LogP contribution in [0.5, 0.6) is 11.5 Å². The van der Waals surface area contributed by atoms with Crippen LogP contribution in [0.4, 0.5) is 5.69 Å². The predicted molar refractivity (Wildman–Crippen MR) is 96.1 cm³/mol. The second-order valence-electron chi connectivity index (χ2n) is 5.65. The number of hydrogen-bond acceptors (Lipinski definition) is 3. The Bertz CT molecular complexity index is 891. The fourth-order valence-corrected chi connectivity index (χ4v) is 3.51. The van der Waals surface area contributed by atoms with E-state index in [-0.39, 0.29) is 0 Å². The minimum Gasteiger partial charge on any atom is -0.444 e. The number of hydrogen-bond donors (Lipinski definition) is 1. The summed E-state index contributed by atoms with van der Waals surface area (Å²) in [5, 5.41) is 2.63. The van der Waals surface area contributed by atoms with Gasteiger partial charge in [-0.1, -0.05) is 23.7 Å². The highest BCUT2D eigenvalue weighted by molar-refractivity contribution is 9.10. The van der Waals surface area contributed by atoms with Crippen LogP contribution in [0.3, 0.4) is 0 Å². The van der Waals surface area contributed by atoms with Crippen molar-refractivity contribution in [1.82, 2.24) is 0 Å². The van der Waals surface area contributed by atoms with E-state index in [9.17, 15) is 0 Å². The van der Waals surface area contributed by atoms with Crippen molar-refractivity contribution >= 4 is 44.0 Å². The molecule has 3 nitrogen and oxygen atoms in total. The molecule has 1 aliphatic rings. The SMILES string of the molecule is CC1(c2ccccc2Cl)Oc2cc3cc(N)c(Br)cc3cc2O1. The van der Waals surface area contributed by atoms with Crippen molar-refractivity contribution in [2.45, 2.75) is 12.7 Å². The highest BCUT2D eigenvalue weighted by Crippen LogP contribution is 2.47. The van der Waals surface area contributed by atoms with E-state index in [0.29, 0.717) is 22.2 Å². The van der Waals surface area contributed by atoms with E-state index < -0.39 is 5.79 Å². The molecular formula is C18H13BrClNO2. The van der Waals surface area contributed by atoms with Crippen LogP contribution < -0.4 is 15.2 Å². The summed E-state index contributed by atoms with van der Waals surface area (Å²) in [6.07, 6.45) is 0. The smallest absolute Gasteiger partial charge is 0.276 e. The number of nitrogen functional groups attached to an aromatic ring is 1. The van der Waals surface area contributed by atoms with Crippen molar-refractivity contribution in [3.8, 4) is 11.5 Å². The Kier molecular flexibility index (Phi) is 3.22. The van der Waals surface area contributed by atoms with Crippen LogP contribution in [0.25, 0.3) is 10.8 Å². The third kappa shape index (κ3) is 2.33. The van der Waals surface area contributed by atoms with Gasteiger partial charge in [0, 0.05) is 17.1 Å². The minimum absolute atomic E-state index is 0.611. The monoisotopic (exact) mass is 389 g/mol. The summed E-state index contributed by atoms with van der Waals surface area (Å²) in [5.74, 6) is 0.430. The first-order valence-corrected chi connectivity index (χ1v) is 8.29.